The number of hydrogen-bond acceptors (Lipinski definition) is 4. The number of benzene rings is 1. The van der Waals surface area contributed by atoms with Crippen molar-refractivity contribution in [3.63, 3.8) is 0 Å². The molecule has 5 nitrogen and oxygen atoms in total. The van der Waals surface area contributed by atoms with E-state index in [0.717, 1.165) is 5.56 Å². The molecule has 0 spiro atoms. The molecule has 0 aliphatic rings. The summed E-state index contributed by atoms with van der Waals surface area (Å²) in [5, 5.41) is 8.80. The van der Waals surface area contributed by atoms with Crippen molar-refractivity contribution in [3.8, 4) is 0 Å². The van der Waals surface area contributed by atoms with Gasteiger partial charge in [-0.05, 0) is 24.7 Å². The maximum absolute atomic E-state index is 11.3. The maximum atomic E-state index is 11.3. The van der Waals surface area contributed by atoms with Gasteiger partial charge in [-0.25, -0.2) is 4.79 Å². The molecule has 0 radical (unpaired) electrons. The van der Waals surface area contributed by atoms with E-state index >= 15 is 0 Å². The number of aromatic carboxylic acids is 1. The lowest BCUT2D eigenvalue weighted by molar-refractivity contribution is -0.145. The van der Waals surface area contributed by atoms with E-state index in [1.807, 2.05) is 18.9 Å². The minimum absolute atomic E-state index is 0.187. The van der Waals surface area contributed by atoms with E-state index < -0.39 is 5.97 Å². The minimum atomic E-state index is -0.931. The summed E-state index contributed by atoms with van der Waals surface area (Å²) in [5.41, 5.74) is 1.28. The van der Waals surface area contributed by atoms with Gasteiger partial charge < -0.3 is 14.7 Å². The van der Waals surface area contributed by atoms with E-state index in [-0.39, 0.29) is 17.5 Å². The molecule has 104 valence electrons. The molecule has 1 aromatic carbocycles. The number of methoxy groups -OCH3 is 1. The molecule has 1 rings (SSSR count). The Morgan fingerprint density at radius 1 is 1.32 bits per heavy atom. The normalized spacial score (nSPS) is 12.2. The highest BCUT2D eigenvalue weighted by atomic mass is 16.5. The van der Waals surface area contributed by atoms with Gasteiger partial charge in [0.1, 0.15) is 0 Å². The van der Waals surface area contributed by atoms with Crippen molar-refractivity contribution < 1.29 is 19.4 Å². The number of esters is 1. The van der Waals surface area contributed by atoms with Crippen molar-refractivity contribution in [3.05, 3.63) is 35.4 Å². The molecule has 19 heavy (non-hydrogen) atoms. The van der Waals surface area contributed by atoms with Crippen molar-refractivity contribution >= 4 is 11.9 Å². The van der Waals surface area contributed by atoms with Gasteiger partial charge in [0.15, 0.2) is 0 Å². The van der Waals surface area contributed by atoms with Gasteiger partial charge in [-0.2, -0.15) is 0 Å². The molecule has 0 saturated heterocycles. The number of carboxylic acids is 1. The van der Waals surface area contributed by atoms with Gasteiger partial charge >= 0.3 is 11.9 Å². The van der Waals surface area contributed by atoms with Gasteiger partial charge in [-0.1, -0.05) is 19.1 Å². The minimum Gasteiger partial charge on any atom is -0.478 e. The first-order valence-electron chi connectivity index (χ1n) is 6.02. The summed E-state index contributed by atoms with van der Waals surface area (Å²) >= 11 is 0. The van der Waals surface area contributed by atoms with Crippen LogP contribution in [0, 0.1) is 5.92 Å². The standard InChI is InChI=1S/C14H19NO4/c1-10(14(18)19-3)8-15(2)9-11-4-6-12(7-5-11)13(16)17/h4-7,10H,8-9H2,1-3H3,(H,16,17). The fraction of sp³-hybridized carbons (Fsp3) is 0.429. The Morgan fingerprint density at radius 2 is 1.89 bits per heavy atom. The van der Waals surface area contributed by atoms with Crippen LogP contribution in [0.3, 0.4) is 0 Å². The number of carbonyl (C=O) groups is 2. The lowest BCUT2D eigenvalue weighted by Gasteiger charge is -2.20. The zero-order chi connectivity index (χ0) is 14.4. The largest absolute Gasteiger partial charge is 0.478 e. The highest BCUT2D eigenvalue weighted by Crippen LogP contribution is 2.09. The SMILES string of the molecule is COC(=O)C(C)CN(C)Cc1ccc(C(=O)O)cc1. The summed E-state index contributed by atoms with van der Waals surface area (Å²) < 4.78 is 4.67. The molecule has 0 heterocycles. The third-order valence-corrected chi connectivity index (χ3v) is 2.84. The second-order valence-electron chi connectivity index (χ2n) is 4.62. The van der Waals surface area contributed by atoms with Gasteiger partial charge in [0, 0.05) is 13.1 Å². The highest BCUT2D eigenvalue weighted by molar-refractivity contribution is 5.87. The smallest absolute Gasteiger partial charge is 0.335 e. The first-order chi connectivity index (χ1) is 8.93. The molecule has 1 aromatic rings. The van der Waals surface area contributed by atoms with Crippen molar-refractivity contribution in [2.75, 3.05) is 20.7 Å². The van der Waals surface area contributed by atoms with Crippen LogP contribution in [0.25, 0.3) is 0 Å². The lowest BCUT2D eigenvalue weighted by atomic mass is 10.1. The molecule has 1 unspecified atom stereocenters. The molecule has 5 heteroatoms. The second kappa shape index (κ2) is 6.89. The topological polar surface area (TPSA) is 66.8 Å². The molecule has 0 aliphatic carbocycles. The van der Waals surface area contributed by atoms with Crippen LogP contribution in [0.15, 0.2) is 24.3 Å². The monoisotopic (exact) mass is 265 g/mol. The fourth-order valence-corrected chi connectivity index (χ4v) is 1.87. The average molecular weight is 265 g/mol. The molecule has 1 atom stereocenters. The third-order valence-electron chi connectivity index (χ3n) is 2.84. The number of rotatable bonds is 6. The fourth-order valence-electron chi connectivity index (χ4n) is 1.87. The van der Waals surface area contributed by atoms with Crippen molar-refractivity contribution in [1.82, 2.24) is 4.90 Å². The Balaban J connectivity index is 2.54. The van der Waals surface area contributed by atoms with Gasteiger partial charge in [0.2, 0.25) is 0 Å². The van der Waals surface area contributed by atoms with Crippen LogP contribution < -0.4 is 0 Å². The van der Waals surface area contributed by atoms with Gasteiger partial charge in [-0.3, -0.25) is 4.79 Å². The summed E-state index contributed by atoms with van der Waals surface area (Å²) in [6, 6.07) is 6.72. The van der Waals surface area contributed by atoms with Crippen LogP contribution in [0.5, 0.6) is 0 Å². The number of hydrogen-bond donors (Lipinski definition) is 1. The van der Waals surface area contributed by atoms with Gasteiger partial charge in [0.25, 0.3) is 0 Å². The first kappa shape index (κ1) is 15.2. The molecule has 0 fully saturated rings. The molecule has 1 N–H and O–H groups in total. The Morgan fingerprint density at radius 3 is 2.37 bits per heavy atom. The van der Waals surface area contributed by atoms with Gasteiger partial charge in [0.05, 0.1) is 18.6 Å². The molecular weight excluding hydrogens is 246 g/mol. The van der Waals surface area contributed by atoms with E-state index in [9.17, 15) is 9.59 Å². The first-order valence-corrected chi connectivity index (χ1v) is 6.02. The number of carbonyl (C=O) groups excluding carboxylic acids is 1. The van der Waals surface area contributed by atoms with Crippen molar-refractivity contribution in [1.29, 1.82) is 0 Å². The predicted octanol–water partition coefficient (Wildman–Crippen LogP) is 1.63. The second-order valence-corrected chi connectivity index (χ2v) is 4.62. The number of carboxylic acid groups (broad SMARTS) is 1. The summed E-state index contributed by atoms with van der Waals surface area (Å²) in [5.74, 6) is -1.35. The lowest BCUT2D eigenvalue weighted by Crippen LogP contribution is -2.29. The highest BCUT2D eigenvalue weighted by Gasteiger charge is 2.15. The van der Waals surface area contributed by atoms with E-state index in [1.165, 1.54) is 7.11 Å². The molecule has 0 amide bonds. The number of nitrogens with zero attached hydrogens (tertiary/aromatic N) is 1. The number of ether oxygens (including phenoxy) is 1. The molecule has 0 aromatic heterocycles. The Labute approximate surface area is 112 Å². The zero-order valence-electron chi connectivity index (χ0n) is 11.4. The van der Waals surface area contributed by atoms with Crippen LogP contribution in [0.2, 0.25) is 0 Å². The van der Waals surface area contributed by atoms with Crippen LogP contribution >= 0.6 is 0 Å². The average Bonchev–Trinajstić information content (AvgIpc) is 2.38. The van der Waals surface area contributed by atoms with E-state index in [1.54, 1.807) is 24.3 Å². The Hall–Kier alpha value is -1.88. The molecule has 0 saturated carbocycles. The molecule has 0 aliphatic heterocycles. The van der Waals surface area contributed by atoms with Crippen molar-refractivity contribution in [2.45, 2.75) is 13.5 Å². The van der Waals surface area contributed by atoms with E-state index in [0.29, 0.717) is 13.1 Å². The summed E-state index contributed by atoms with van der Waals surface area (Å²) in [7, 11) is 3.29. The third kappa shape index (κ3) is 4.71. The summed E-state index contributed by atoms with van der Waals surface area (Å²) in [6.07, 6.45) is 0. The van der Waals surface area contributed by atoms with E-state index in [4.69, 9.17) is 5.11 Å². The van der Waals surface area contributed by atoms with E-state index in [2.05, 4.69) is 4.74 Å². The Kier molecular flexibility index (Phi) is 5.51. The van der Waals surface area contributed by atoms with Crippen LogP contribution in [0.1, 0.15) is 22.8 Å². The Bertz CT molecular complexity index is 441. The summed E-state index contributed by atoms with van der Waals surface area (Å²) in [4.78, 5) is 24.0. The van der Waals surface area contributed by atoms with Gasteiger partial charge in [-0.15, -0.1) is 0 Å². The van der Waals surface area contributed by atoms with Crippen molar-refractivity contribution in [2.24, 2.45) is 5.92 Å². The zero-order valence-corrected chi connectivity index (χ0v) is 11.4. The quantitative estimate of drug-likeness (QED) is 0.792. The summed E-state index contributed by atoms with van der Waals surface area (Å²) in [6.45, 7) is 3.06. The predicted molar refractivity (Wildman–Crippen MR) is 70.9 cm³/mol. The maximum Gasteiger partial charge on any atom is 0.335 e. The van der Waals surface area contributed by atoms with Crippen LogP contribution in [-0.4, -0.2) is 42.6 Å². The van der Waals surface area contributed by atoms with Crippen LogP contribution in [-0.2, 0) is 16.1 Å². The van der Waals surface area contributed by atoms with Crippen LogP contribution in [0.4, 0.5) is 0 Å². The molecular formula is C14H19NO4. The molecule has 0 bridgehead atoms.